The Hall–Kier alpha value is -1.95. The van der Waals surface area contributed by atoms with Crippen molar-refractivity contribution >= 4 is 11.8 Å². The quantitative estimate of drug-likeness (QED) is 0.864. The van der Waals surface area contributed by atoms with Crippen molar-refractivity contribution < 1.29 is 19.1 Å². The van der Waals surface area contributed by atoms with Crippen molar-refractivity contribution in [1.29, 1.82) is 0 Å². The van der Waals surface area contributed by atoms with Crippen LogP contribution in [0.4, 0.5) is 4.39 Å². The van der Waals surface area contributed by atoms with E-state index < -0.39 is 17.8 Å². The van der Waals surface area contributed by atoms with Gasteiger partial charge >= 0.3 is 0 Å². The maximum absolute atomic E-state index is 13.2. The van der Waals surface area contributed by atoms with Crippen LogP contribution in [0.5, 0.6) is 0 Å². The number of benzene rings is 1. The molecule has 1 heterocycles. The molecular formula is C16H21FN2O3. The molecule has 1 saturated heterocycles. The van der Waals surface area contributed by atoms with E-state index in [1.165, 1.54) is 18.2 Å². The number of aliphatic hydroxyl groups excluding tert-OH is 1. The number of halogens is 1. The fourth-order valence-electron chi connectivity index (χ4n) is 2.89. The second kappa shape index (κ2) is 7.35. The summed E-state index contributed by atoms with van der Waals surface area (Å²) in [6, 6.07) is 5.38. The van der Waals surface area contributed by atoms with Gasteiger partial charge in [0, 0.05) is 19.0 Å². The molecule has 1 aliphatic rings. The highest BCUT2D eigenvalue weighted by molar-refractivity contribution is 5.79. The maximum atomic E-state index is 13.2. The first kappa shape index (κ1) is 16.4. The van der Waals surface area contributed by atoms with Crippen molar-refractivity contribution in [1.82, 2.24) is 4.90 Å². The summed E-state index contributed by atoms with van der Waals surface area (Å²) in [5, 5.41) is 10.1. The summed E-state index contributed by atoms with van der Waals surface area (Å²) in [5.41, 5.74) is 5.60. The van der Waals surface area contributed by atoms with Crippen molar-refractivity contribution in [3.63, 3.8) is 0 Å². The van der Waals surface area contributed by atoms with Crippen LogP contribution >= 0.6 is 0 Å². The summed E-state index contributed by atoms with van der Waals surface area (Å²) in [6.45, 7) is 0.562. The third-order valence-corrected chi connectivity index (χ3v) is 3.99. The van der Waals surface area contributed by atoms with E-state index in [1.54, 1.807) is 11.0 Å². The van der Waals surface area contributed by atoms with Crippen LogP contribution in [0, 0.1) is 5.82 Å². The van der Waals surface area contributed by atoms with Crippen LogP contribution in [0.2, 0.25) is 0 Å². The number of piperidine rings is 1. The van der Waals surface area contributed by atoms with Gasteiger partial charge in [-0.3, -0.25) is 9.59 Å². The molecule has 2 atom stereocenters. The van der Waals surface area contributed by atoms with E-state index in [9.17, 15) is 19.1 Å². The standard InChI is InChI=1S/C16H21FN2O3/c17-12-5-3-4-11(8-12)14(20)10-16(22)19-7-2-1-6-13(19)9-15(18)21/h3-5,8,13-14,20H,1-2,6-7,9-10H2,(H2,18,21). The van der Waals surface area contributed by atoms with E-state index >= 15 is 0 Å². The monoisotopic (exact) mass is 308 g/mol. The highest BCUT2D eigenvalue weighted by Crippen LogP contribution is 2.24. The molecule has 0 radical (unpaired) electrons. The summed E-state index contributed by atoms with van der Waals surface area (Å²) in [7, 11) is 0. The van der Waals surface area contributed by atoms with Crippen LogP contribution < -0.4 is 5.73 Å². The number of nitrogens with zero attached hydrogens (tertiary/aromatic N) is 1. The van der Waals surface area contributed by atoms with Gasteiger partial charge in [-0.1, -0.05) is 12.1 Å². The number of rotatable bonds is 5. The van der Waals surface area contributed by atoms with Gasteiger partial charge in [0.2, 0.25) is 11.8 Å². The molecule has 2 unspecified atom stereocenters. The molecule has 1 aliphatic heterocycles. The number of aliphatic hydroxyl groups is 1. The Morgan fingerprint density at radius 3 is 2.86 bits per heavy atom. The lowest BCUT2D eigenvalue weighted by atomic mass is 9.97. The van der Waals surface area contributed by atoms with Crippen LogP contribution in [0.1, 0.15) is 43.8 Å². The molecule has 1 aromatic rings. The molecule has 0 aromatic heterocycles. The number of hydrogen-bond acceptors (Lipinski definition) is 3. The Balaban J connectivity index is 2.01. The van der Waals surface area contributed by atoms with Crippen molar-refractivity contribution in [2.45, 2.75) is 44.2 Å². The Bertz CT molecular complexity index is 550. The van der Waals surface area contributed by atoms with E-state index in [1.807, 2.05) is 0 Å². The van der Waals surface area contributed by atoms with Crippen molar-refractivity contribution in [3.8, 4) is 0 Å². The van der Waals surface area contributed by atoms with Gasteiger partial charge < -0.3 is 15.7 Å². The average molecular weight is 308 g/mol. The zero-order valence-corrected chi connectivity index (χ0v) is 12.4. The minimum atomic E-state index is -1.06. The van der Waals surface area contributed by atoms with Crippen LogP contribution in [0.3, 0.4) is 0 Å². The Morgan fingerprint density at radius 2 is 2.18 bits per heavy atom. The summed E-state index contributed by atoms with van der Waals surface area (Å²) in [4.78, 5) is 25.1. The summed E-state index contributed by atoms with van der Waals surface area (Å²) >= 11 is 0. The van der Waals surface area contributed by atoms with E-state index in [-0.39, 0.29) is 24.8 Å². The average Bonchev–Trinajstić information content (AvgIpc) is 2.47. The molecular weight excluding hydrogens is 287 g/mol. The van der Waals surface area contributed by atoms with Crippen LogP contribution in [-0.2, 0) is 9.59 Å². The number of nitrogens with two attached hydrogens (primary N) is 1. The fraction of sp³-hybridized carbons (Fsp3) is 0.500. The second-order valence-electron chi connectivity index (χ2n) is 5.68. The van der Waals surface area contributed by atoms with Gasteiger partial charge in [-0.2, -0.15) is 0 Å². The Labute approximate surface area is 128 Å². The van der Waals surface area contributed by atoms with Gasteiger partial charge in [-0.05, 0) is 37.0 Å². The number of carbonyl (C=O) groups excluding carboxylic acids is 2. The topological polar surface area (TPSA) is 83.6 Å². The smallest absolute Gasteiger partial charge is 0.225 e. The van der Waals surface area contributed by atoms with Crippen LogP contribution in [0.25, 0.3) is 0 Å². The normalized spacial score (nSPS) is 19.7. The second-order valence-corrected chi connectivity index (χ2v) is 5.68. The first-order chi connectivity index (χ1) is 10.5. The zero-order valence-electron chi connectivity index (χ0n) is 12.4. The maximum Gasteiger partial charge on any atom is 0.225 e. The Morgan fingerprint density at radius 1 is 1.41 bits per heavy atom. The minimum Gasteiger partial charge on any atom is -0.388 e. The molecule has 2 rings (SSSR count). The number of hydrogen-bond donors (Lipinski definition) is 2. The molecule has 2 amide bonds. The summed E-state index contributed by atoms with van der Waals surface area (Å²) in [6.07, 6.45) is 1.52. The lowest BCUT2D eigenvalue weighted by Crippen LogP contribution is -2.45. The summed E-state index contributed by atoms with van der Waals surface area (Å²) < 4.78 is 13.2. The van der Waals surface area contributed by atoms with E-state index in [0.717, 1.165) is 19.3 Å². The van der Waals surface area contributed by atoms with Crippen LogP contribution in [-0.4, -0.2) is 34.4 Å². The van der Waals surface area contributed by atoms with Gasteiger partial charge in [0.1, 0.15) is 5.82 Å². The first-order valence-corrected chi connectivity index (χ1v) is 7.48. The zero-order chi connectivity index (χ0) is 16.1. The molecule has 0 aliphatic carbocycles. The van der Waals surface area contributed by atoms with Crippen LogP contribution in [0.15, 0.2) is 24.3 Å². The number of carbonyl (C=O) groups is 2. The van der Waals surface area contributed by atoms with E-state index in [4.69, 9.17) is 5.73 Å². The lowest BCUT2D eigenvalue weighted by molar-refractivity contribution is -0.137. The third-order valence-electron chi connectivity index (χ3n) is 3.99. The van der Waals surface area contributed by atoms with Crippen molar-refractivity contribution in [3.05, 3.63) is 35.6 Å². The Kier molecular flexibility index (Phi) is 5.49. The largest absolute Gasteiger partial charge is 0.388 e. The number of primary amides is 1. The van der Waals surface area contributed by atoms with Crippen molar-refractivity contribution in [2.75, 3.05) is 6.54 Å². The third kappa shape index (κ3) is 4.27. The van der Waals surface area contributed by atoms with Gasteiger partial charge in [0.25, 0.3) is 0 Å². The molecule has 120 valence electrons. The molecule has 3 N–H and O–H groups in total. The SMILES string of the molecule is NC(=O)CC1CCCCN1C(=O)CC(O)c1cccc(F)c1. The van der Waals surface area contributed by atoms with E-state index in [0.29, 0.717) is 12.1 Å². The molecule has 5 nitrogen and oxygen atoms in total. The summed E-state index contributed by atoms with van der Waals surface area (Å²) in [5.74, 6) is -1.12. The van der Waals surface area contributed by atoms with Gasteiger partial charge in [0.05, 0.1) is 12.5 Å². The highest BCUT2D eigenvalue weighted by Gasteiger charge is 2.29. The number of likely N-dealkylation sites (tertiary alicyclic amines) is 1. The molecule has 0 saturated carbocycles. The van der Waals surface area contributed by atoms with Gasteiger partial charge in [-0.15, -0.1) is 0 Å². The molecule has 1 fully saturated rings. The van der Waals surface area contributed by atoms with Gasteiger partial charge in [-0.25, -0.2) is 4.39 Å². The molecule has 22 heavy (non-hydrogen) atoms. The predicted octanol–water partition coefficient (Wildman–Crippen LogP) is 1.51. The highest BCUT2D eigenvalue weighted by atomic mass is 19.1. The minimum absolute atomic E-state index is 0.126. The molecule has 0 bridgehead atoms. The molecule has 1 aromatic carbocycles. The predicted molar refractivity (Wildman–Crippen MR) is 79.1 cm³/mol. The number of amides is 2. The lowest BCUT2D eigenvalue weighted by Gasteiger charge is -2.35. The van der Waals surface area contributed by atoms with Crippen molar-refractivity contribution in [2.24, 2.45) is 5.73 Å². The molecule has 6 heteroatoms. The fourth-order valence-corrected chi connectivity index (χ4v) is 2.89. The first-order valence-electron chi connectivity index (χ1n) is 7.48. The van der Waals surface area contributed by atoms with Gasteiger partial charge in [0.15, 0.2) is 0 Å². The van der Waals surface area contributed by atoms with E-state index in [2.05, 4.69) is 0 Å². The molecule has 0 spiro atoms.